The molecule has 1 aliphatic rings. The minimum absolute atomic E-state index is 0.255. The Morgan fingerprint density at radius 1 is 0.723 bits per heavy atom. The predicted octanol–water partition coefficient (Wildman–Crippen LogP) is 3.77. The second kappa shape index (κ2) is 27.6. The Balaban J connectivity index is 2.63. The molecular weight excluding hydrogens is 606 g/mol. The van der Waals surface area contributed by atoms with Gasteiger partial charge in [0.2, 0.25) is 5.91 Å². The summed E-state index contributed by atoms with van der Waals surface area (Å²) in [6.45, 7) is 3.32. The number of allylic oxidation sites excluding steroid dienone is 2. The van der Waals surface area contributed by atoms with Gasteiger partial charge in [-0.3, -0.25) is 4.79 Å². The van der Waals surface area contributed by atoms with Gasteiger partial charge in [-0.25, -0.2) is 0 Å². The van der Waals surface area contributed by atoms with Crippen LogP contribution < -0.4 is 5.32 Å². The molecule has 9 unspecified atom stereocenters. The molecule has 0 bridgehead atoms. The van der Waals surface area contributed by atoms with Crippen molar-refractivity contribution in [3.63, 3.8) is 0 Å². The first-order valence-corrected chi connectivity index (χ1v) is 18.6. The Labute approximate surface area is 283 Å². The maximum atomic E-state index is 12.9. The van der Waals surface area contributed by atoms with E-state index in [-0.39, 0.29) is 12.8 Å². The largest absolute Gasteiger partial charge is 0.394 e. The number of carbonyl (C=O) groups is 1. The average Bonchev–Trinajstić information content (AvgIpc) is 3.07. The molecule has 9 atom stereocenters. The van der Waals surface area contributed by atoms with Gasteiger partial charge in [-0.05, 0) is 38.5 Å². The van der Waals surface area contributed by atoms with Crippen molar-refractivity contribution in [2.45, 2.75) is 197 Å². The fourth-order valence-corrected chi connectivity index (χ4v) is 5.85. The topological polar surface area (TPSA) is 189 Å². The molecule has 11 nitrogen and oxygen atoms in total. The summed E-state index contributed by atoms with van der Waals surface area (Å²) in [6, 6.07) is -1.18. The highest BCUT2D eigenvalue weighted by molar-refractivity contribution is 5.80. The summed E-state index contributed by atoms with van der Waals surface area (Å²) in [7, 11) is 0. The van der Waals surface area contributed by atoms with Gasteiger partial charge in [0.15, 0.2) is 6.29 Å². The minimum atomic E-state index is -1.66. The van der Waals surface area contributed by atoms with E-state index in [0.717, 1.165) is 38.5 Å². The molecule has 0 aromatic carbocycles. The smallest absolute Gasteiger partial charge is 0.249 e. The fourth-order valence-electron chi connectivity index (χ4n) is 5.85. The Morgan fingerprint density at radius 2 is 1.26 bits per heavy atom. The minimum Gasteiger partial charge on any atom is -0.394 e. The molecule has 11 heteroatoms. The van der Waals surface area contributed by atoms with Crippen molar-refractivity contribution in [1.82, 2.24) is 5.32 Å². The van der Waals surface area contributed by atoms with E-state index in [1.807, 2.05) is 0 Å². The number of ether oxygens (including phenoxy) is 2. The van der Waals surface area contributed by atoms with Gasteiger partial charge in [-0.1, -0.05) is 116 Å². The quantitative estimate of drug-likeness (QED) is 0.0428. The van der Waals surface area contributed by atoms with Crippen molar-refractivity contribution in [2.24, 2.45) is 0 Å². The van der Waals surface area contributed by atoms with Crippen molar-refractivity contribution in [3.05, 3.63) is 12.2 Å². The van der Waals surface area contributed by atoms with Gasteiger partial charge in [-0.2, -0.15) is 0 Å². The summed E-state index contributed by atoms with van der Waals surface area (Å²) in [6.07, 6.45) is 13.0. The summed E-state index contributed by atoms with van der Waals surface area (Å²) < 4.78 is 11.0. The lowest BCUT2D eigenvalue weighted by molar-refractivity contribution is -0.303. The van der Waals surface area contributed by atoms with Crippen LogP contribution in [0.15, 0.2) is 12.2 Å². The summed E-state index contributed by atoms with van der Waals surface area (Å²) in [5.41, 5.74) is 0. The number of amides is 1. The van der Waals surface area contributed by atoms with E-state index in [2.05, 4.69) is 31.3 Å². The first-order valence-electron chi connectivity index (χ1n) is 18.6. The molecule has 0 aliphatic carbocycles. The fraction of sp³-hybridized carbons (Fsp3) is 0.917. The van der Waals surface area contributed by atoms with Gasteiger partial charge in [0, 0.05) is 0 Å². The van der Waals surface area contributed by atoms with Crippen molar-refractivity contribution in [2.75, 3.05) is 13.2 Å². The third-order valence-corrected chi connectivity index (χ3v) is 9.07. The maximum absolute atomic E-state index is 12.9. The molecule has 0 aromatic heterocycles. The third kappa shape index (κ3) is 19.0. The first kappa shape index (κ1) is 43.9. The van der Waals surface area contributed by atoms with E-state index >= 15 is 0 Å². The maximum Gasteiger partial charge on any atom is 0.249 e. The van der Waals surface area contributed by atoms with Crippen LogP contribution in [-0.4, -0.2) is 110 Å². The highest BCUT2D eigenvalue weighted by atomic mass is 16.7. The number of hydrogen-bond donors (Lipinski definition) is 8. The average molecular weight is 676 g/mol. The molecule has 1 saturated heterocycles. The summed E-state index contributed by atoms with van der Waals surface area (Å²) in [4.78, 5) is 12.9. The number of aliphatic hydroxyl groups excluding tert-OH is 7. The lowest BCUT2D eigenvalue weighted by atomic mass is 9.98. The molecule has 1 rings (SSSR count). The zero-order valence-electron chi connectivity index (χ0n) is 29.3. The van der Waals surface area contributed by atoms with Crippen molar-refractivity contribution >= 4 is 5.91 Å². The van der Waals surface area contributed by atoms with Crippen LogP contribution in [0.4, 0.5) is 0 Å². The van der Waals surface area contributed by atoms with E-state index in [4.69, 9.17) is 9.47 Å². The summed E-state index contributed by atoms with van der Waals surface area (Å²) >= 11 is 0. The molecule has 47 heavy (non-hydrogen) atoms. The summed E-state index contributed by atoms with van der Waals surface area (Å²) in [5.74, 6) is -0.713. The predicted molar refractivity (Wildman–Crippen MR) is 182 cm³/mol. The van der Waals surface area contributed by atoms with Crippen molar-refractivity contribution in [3.8, 4) is 0 Å². The Hall–Kier alpha value is -1.15. The van der Waals surface area contributed by atoms with Crippen LogP contribution >= 0.6 is 0 Å². The van der Waals surface area contributed by atoms with Crippen LogP contribution in [-0.2, 0) is 14.3 Å². The second-order valence-corrected chi connectivity index (χ2v) is 13.3. The van der Waals surface area contributed by atoms with Gasteiger partial charge in [-0.15, -0.1) is 0 Å². The summed E-state index contributed by atoms with van der Waals surface area (Å²) in [5, 5.41) is 74.9. The molecule has 1 fully saturated rings. The molecule has 0 spiro atoms. The molecule has 0 saturated carbocycles. The molecule has 1 amide bonds. The van der Waals surface area contributed by atoms with Gasteiger partial charge < -0.3 is 50.5 Å². The van der Waals surface area contributed by atoms with Crippen LogP contribution in [0.3, 0.4) is 0 Å². The van der Waals surface area contributed by atoms with E-state index < -0.39 is 74.2 Å². The normalized spacial score (nSPS) is 24.3. The monoisotopic (exact) mass is 675 g/mol. The molecule has 0 aromatic rings. The number of aliphatic hydroxyl groups is 7. The van der Waals surface area contributed by atoms with E-state index in [1.54, 1.807) is 0 Å². The van der Waals surface area contributed by atoms with Crippen molar-refractivity contribution in [1.29, 1.82) is 0 Å². The second-order valence-electron chi connectivity index (χ2n) is 13.3. The van der Waals surface area contributed by atoms with Gasteiger partial charge >= 0.3 is 0 Å². The molecule has 0 radical (unpaired) electrons. The highest BCUT2D eigenvalue weighted by Crippen LogP contribution is 2.23. The van der Waals surface area contributed by atoms with Crippen LogP contribution in [0.1, 0.15) is 142 Å². The molecule has 278 valence electrons. The van der Waals surface area contributed by atoms with Crippen molar-refractivity contribution < 1.29 is 50.0 Å². The Morgan fingerprint density at radius 3 is 1.83 bits per heavy atom. The van der Waals surface area contributed by atoms with Crippen LogP contribution in [0.25, 0.3) is 0 Å². The molecule has 8 N–H and O–H groups in total. The highest BCUT2D eigenvalue weighted by Gasteiger charge is 2.44. The first-order chi connectivity index (χ1) is 22.7. The number of rotatable bonds is 29. The zero-order valence-corrected chi connectivity index (χ0v) is 29.3. The number of nitrogens with one attached hydrogen (secondary N) is 1. The van der Waals surface area contributed by atoms with Gasteiger partial charge in [0.05, 0.1) is 25.4 Å². The zero-order chi connectivity index (χ0) is 34.9. The number of unbranched alkanes of at least 4 members (excludes halogenated alkanes) is 15. The number of carbonyl (C=O) groups excluding carboxylic acids is 1. The van der Waals surface area contributed by atoms with Crippen LogP contribution in [0.2, 0.25) is 0 Å². The van der Waals surface area contributed by atoms with Gasteiger partial charge in [0.25, 0.3) is 0 Å². The van der Waals surface area contributed by atoms with E-state index in [0.29, 0.717) is 12.8 Å². The molecule has 1 aliphatic heterocycles. The Bertz CT molecular complexity index is 785. The molecule has 1 heterocycles. The van der Waals surface area contributed by atoms with E-state index in [9.17, 15) is 40.5 Å². The standard InChI is InChI=1S/C36H69NO10/c1-3-5-7-9-11-13-14-15-16-18-19-21-23-28(39)31(41)27(26-46-36-34(44)33(43)32(42)30(25-38)47-36)37-35(45)29(40)24-22-20-17-12-10-8-6-4-2/h16,18,27-34,36,38-44H,3-15,17,19-26H2,1-2H3,(H,37,45)/b18-16+. The van der Waals surface area contributed by atoms with Gasteiger partial charge in [0.1, 0.15) is 36.6 Å². The lowest BCUT2D eigenvalue weighted by Crippen LogP contribution is -2.60. The van der Waals surface area contributed by atoms with Crippen LogP contribution in [0, 0.1) is 0 Å². The number of hydrogen-bond acceptors (Lipinski definition) is 10. The third-order valence-electron chi connectivity index (χ3n) is 9.07. The lowest BCUT2D eigenvalue weighted by Gasteiger charge is -2.40. The van der Waals surface area contributed by atoms with E-state index in [1.165, 1.54) is 64.2 Å². The molecular formula is C36H69NO10. The Kier molecular flexibility index (Phi) is 25.8. The SMILES string of the molecule is CCCCCCCCC/C=C/CCCC(O)C(O)C(COC1OC(CO)C(O)C(O)C1O)NC(=O)C(O)CCCCCCCCCC. The van der Waals surface area contributed by atoms with Crippen LogP contribution in [0.5, 0.6) is 0 Å².